The lowest BCUT2D eigenvalue weighted by Crippen LogP contribution is -2.31. The van der Waals surface area contributed by atoms with Crippen molar-refractivity contribution < 1.29 is 9.32 Å². The second-order valence-electron chi connectivity index (χ2n) is 6.17. The van der Waals surface area contributed by atoms with Crippen LogP contribution in [0, 0.1) is 19.8 Å². The molecule has 3 heterocycles. The van der Waals surface area contributed by atoms with E-state index in [0.29, 0.717) is 31.1 Å². The number of fused-ring (bicyclic) bond motifs is 1. The van der Waals surface area contributed by atoms with Crippen molar-refractivity contribution in [1.29, 1.82) is 0 Å². The Morgan fingerprint density at radius 3 is 3.04 bits per heavy atom. The van der Waals surface area contributed by atoms with E-state index in [-0.39, 0.29) is 11.8 Å². The Morgan fingerprint density at radius 2 is 2.24 bits per heavy atom. The highest BCUT2D eigenvalue weighted by atomic mass is 16.5. The van der Waals surface area contributed by atoms with E-state index in [1.165, 1.54) is 0 Å². The zero-order valence-corrected chi connectivity index (χ0v) is 13.9. The molecule has 0 spiro atoms. The third-order valence-corrected chi connectivity index (χ3v) is 4.37. The lowest BCUT2D eigenvalue weighted by atomic mass is 9.96. The first-order chi connectivity index (χ1) is 12.1. The number of anilines is 1. The van der Waals surface area contributed by atoms with Crippen molar-refractivity contribution in [3.63, 3.8) is 0 Å². The second kappa shape index (κ2) is 6.08. The number of nitrogens with zero attached hydrogens (tertiary/aromatic N) is 6. The van der Waals surface area contributed by atoms with E-state index < -0.39 is 0 Å². The Morgan fingerprint density at radius 1 is 1.36 bits per heavy atom. The Balaban J connectivity index is 1.53. The van der Waals surface area contributed by atoms with E-state index in [1.54, 1.807) is 11.6 Å². The van der Waals surface area contributed by atoms with Crippen molar-refractivity contribution in [3.05, 3.63) is 35.4 Å². The molecule has 0 saturated heterocycles. The Kier molecular flexibility index (Phi) is 3.75. The molecule has 128 valence electrons. The van der Waals surface area contributed by atoms with E-state index in [4.69, 9.17) is 4.52 Å². The van der Waals surface area contributed by atoms with Gasteiger partial charge in [-0.15, -0.1) is 5.10 Å². The summed E-state index contributed by atoms with van der Waals surface area (Å²) in [5.74, 6) is 1.58. The third-order valence-electron chi connectivity index (χ3n) is 4.37. The molecule has 0 bridgehead atoms. The predicted octanol–water partition coefficient (Wildman–Crippen LogP) is 1.54. The van der Waals surface area contributed by atoms with Gasteiger partial charge < -0.3 is 9.84 Å². The van der Waals surface area contributed by atoms with E-state index in [1.807, 2.05) is 25.1 Å². The van der Waals surface area contributed by atoms with Crippen molar-refractivity contribution in [3.8, 4) is 11.5 Å². The summed E-state index contributed by atoms with van der Waals surface area (Å²) in [6.07, 6.45) is 1.26. The molecule has 1 N–H and O–H groups in total. The van der Waals surface area contributed by atoms with Gasteiger partial charge in [0.2, 0.25) is 5.91 Å². The molecule has 1 amide bonds. The number of rotatable bonds is 3. The summed E-state index contributed by atoms with van der Waals surface area (Å²) in [6.45, 7) is 4.36. The molecule has 1 unspecified atom stereocenters. The van der Waals surface area contributed by atoms with Gasteiger partial charge in [-0.3, -0.25) is 4.79 Å². The summed E-state index contributed by atoms with van der Waals surface area (Å²) in [5.41, 5.74) is 2.48. The molecule has 0 aliphatic carbocycles. The van der Waals surface area contributed by atoms with E-state index in [0.717, 1.165) is 22.6 Å². The largest absolute Gasteiger partial charge is 0.334 e. The number of carbonyl (C=O) groups is 1. The minimum absolute atomic E-state index is 0.0313. The molecule has 1 aliphatic rings. The molecule has 1 aliphatic heterocycles. The molecule has 9 heteroatoms. The first-order valence-corrected chi connectivity index (χ1v) is 8.07. The molecule has 9 nitrogen and oxygen atoms in total. The highest BCUT2D eigenvalue weighted by Crippen LogP contribution is 2.26. The van der Waals surface area contributed by atoms with Gasteiger partial charge in [0.15, 0.2) is 11.6 Å². The second-order valence-corrected chi connectivity index (χ2v) is 6.17. The van der Waals surface area contributed by atoms with Gasteiger partial charge in [-0.2, -0.15) is 4.98 Å². The minimum atomic E-state index is -0.146. The fraction of sp³-hybridized carbons (Fsp3) is 0.375. The number of carbonyl (C=O) groups excluding carboxylic acids is 1. The summed E-state index contributed by atoms with van der Waals surface area (Å²) < 4.78 is 6.94. The first-order valence-electron chi connectivity index (χ1n) is 8.07. The lowest BCUT2D eigenvalue weighted by molar-refractivity contribution is -0.120. The van der Waals surface area contributed by atoms with Crippen LogP contribution in [-0.4, -0.2) is 36.3 Å². The SMILES string of the molecule is Cc1noc(-c2ccc(C)c(NC(=O)C3CCn4nnnc4C3)c2)n1. The summed E-state index contributed by atoms with van der Waals surface area (Å²) in [4.78, 5) is 16.9. The number of aromatic nitrogens is 6. The number of hydrogen-bond acceptors (Lipinski definition) is 7. The van der Waals surface area contributed by atoms with Crippen molar-refractivity contribution >= 4 is 11.6 Å². The molecule has 0 fully saturated rings. The topological polar surface area (TPSA) is 112 Å². The summed E-state index contributed by atoms with van der Waals surface area (Å²) in [6, 6.07) is 5.67. The zero-order chi connectivity index (χ0) is 17.4. The molecule has 0 radical (unpaired) electrons. The van der Waals surface area contributed by atoms with Crippen LogP contribution in [0.2, 0.25) is 0 Å². The fourth-order valence-corrected chi connectivity index (χ4v) is 2.91. The lowest BCUT2D eigenvalue weighted by Gasteiger charge is -2.21. The first kappa shape index (κ1) is 15.4. The van der Waals surface area contributed by atoms with Crippen molar-refractivity contribution in [1.82, 2.24) is 30.3 Å². The minimum Gasteiger partial charge on any atom is -0.334 e. The van der Waals surface area contributed by atoms with Crippen molar-refractivity contribution in [2.45, 2.75) is 33.2 Å². The number of amides is 1. The number of aryl methyl sites for hydroxylation is 3. The molecular formula is C16H17N7O2. The predicted molar refractivity (Wildman–Crippen MR) is 87.5 cm³/mol. The summed E-state index contributed by atoms with van der Waals surface area (Å²) in [5, 5.41) is 18.3. The summed E-state index contributed by atoms with van der Waals surface area (Å²) in [7, 11) is 0. The molecular weight excluding hydrogens is 322 g/mol. The van der Waals surface area contributed by atoms with E-state index in [9.17, 15) is 4.79 Å². The molecule has 0 saturated carbocycles. The average molecular weight is 339 g/mol. The van der Waals surface area contributed by atoms with Crippen LogP contribution in [0.5, 0.6) is 0 Å². The van der Waals surface area contributed by atoms with Crippen molar-refractivity contribution in [2.24, 2.45) is 5.92 Å². The van der Waals surface area contributed by atoms with Crippen LogP contribution >= 0.6 is 0 Å². The van der Waals surface area contributed by atoms with Gasteiger partial charge in [0, 0.05) is 30.1 Å². The van der Waals surface area contributed by atoms with Gasteiger partial charge in [-0.05, 0) is 48.4 Å². The zero-order valence-electron chi connectivity index (χ0n) is 13.9. The van der Waals surface area contributed by atoms with Crippen molar-refractivity contribution in [2.75, 3.05) is 5.32 Å². The molecule has 3 aromatic rings. The number of benzene rings is 1. The number of hydrogen-bond donors (Lipinski definition) is 1. The van der Waals surface area contributed by atoms with Crippen LogP contribution in [-0.2, 0) is 17.8 Å². The van der Waals surface area contributed by atoms with Crippen LogP contribution in [0.1, 0.15) is 23.6 Å². The summed E-state index contributed by atoms with van der Waals surface area (Å²) >= 11 is 0. The fourth-order valence-electron chi connectivity index (χ4n) is 2.91. The highest BCUT2D eigenvalue weighted by molar-refractivity contribution is 5.94. The van der Waals surface area contributed by atoms with Crippen LogP contribution in [0.4, 0.5) is 5.69 Å². The maximum absolute atomic E-state index is 12.7. The highest BCUT2D eigenvalue weighted by Gasteiger charge is 2.27. The standard InChI is InChI=1S/C16H17N7O2/c1-9-3-4-12(16-17-10(2)20-25-16)7-13(9)18-15(24)11-5-6-23-14(8-11)19-21-22-23/h3-4,7,11H,5-6,8H2,1-2H3,(H,18,24). The van der Waals surface area contributed by atoms with Gasteiger partial charge in [0.1, 0.15) is 0 Å². The Labute approximate surface area is 143 Å². The van der Waals surface area contributed by atoms with Gasteiger partial charge in [-0.25, -0.2) is 4.68 Å². The van der Waals surface area contributed by atoms with Gasteiger partial charge in [0.25, 0.3) is 5.89 Å². The van der Waals surface area contributed by atoms with Crippen LogP contribution in [0.3, 0.4) is 0 Å². The van der Waals surface area contributed by atoms with Crippen LogP contribution in [0.25, 0.3) is 11.5 Å². The van der Waals surface area contributed by atoms with Crippen LogP contribution in [0.15, 0.2) is 22.7 Å². The molecule has 1 atom stereocenters. The third kappa shape index (κ3) is 3.00. The van der Waals surface area contributed by atoms with Gasteiger partial charge in [0.05, 0.1) is 0 Å². The normalized spacial score (nSPS) is 16.5. The van der Waals surface area contributed by atoms with E-state index in [2.05, 4.69) is 31.0 Å². The monoisotopic (exact) mass is 339 g/mol. The smallest absolute Gasteiger partial charge is 0.257 e. The number of nitrogens with one attached hydrogen (secondary N) is 1. The van der Waals surface area contributed by atoms with Crippen LogP contribution < -0.4 is 5.32 Å². The van der Waals surface area contributed by atoms with Gasteiger partial charge >= 0.3 is 0 Å². The molecule has 1 aromatic carbocycles. The average Bonchev–Trinajstić information content (AvgIpc) is 3.24. The maximum Gasteiger partial charge on any atom is 0.257 e. The maximum atomic E-state index is 12.7. The molecule has 4 rings (SSSR count). The number of tetrazole rings is 1. The molecule has 25 heavy (non-hydrogen) atoms. The molecule has 2 aromatic heterocycles. The quantitative estimate of drug-likeness (QED) is 0.770. The van der Waals surface area contributed by atoms with E-state index >= 15 is 0 Å². The van der Waals surface area contributed by atoms with Gasteiger partial charge in [-0.1, -0.05) is 11.2 Å². The Hall–Kier alpha value is -3.10. The Bertz CT molecular complexity index is 930.